The van der Waals surface area contributed by atoms with E-state index in [1.54, 1.807) is 13.8 Å². The van der Waals surface area contributed by atoms with Crippen molar-refractivity contribution in [2.24, 2.45) is 0 Å². The fraction of sp³-hybridized carbons (Fsp3) is 0.529. The SMILES string of the molecule is COC(=O)CC(C)c1cc(C)ccc1OC(C)(C)C(=O)OC. The molecule has 0 heterocycles. The highest BCUT2D eigenvalue weighted by Crippen LogP contribution is 2.32. The number of carbonyl (C=O) groups is 2. The minimum Gasteiger partial charge on any atom is -0.476 e. The molecule has 0 aliphatic rings. The number of rotatable bonds is 6. The van der Waals surface area contributed by atoms with Crippen LogP contribution < -0.4 is 4.74 Å². The number of hydrogen-bond acceptors (Lipinski definition) is 5. The average molecular weight is 308 g/mol. The van der Waals surface area contributed by atoms with Crippen LogP contribution in [0.5, 0.6) is 5.75 Å². The zero-order chi connectivity index (χ0) is 16.9. The van der Waals surface area contributed by atoms with Crippen molar-refractivity contribution in [1.82, 2.24) is 0 Å². The second kappa shape index (κ2) is 7.29. The second-order valence-electron chi connectivity index (χ2n) is 5.83. The van der Waals surface area contributed by atoms with Crippen molar-refractivity contribution >= 4 is 11.9 Å². The lowest BCUT2D eigenvalue weighted by atomic mass is 9.95. The molecule has 0 fully saturated rings. The standard InChI is InChI=1S/C17H24O5/c1-11-7-8-14(22-17(3,4)16(19)21-6)13(9-11)12(2)10-15(18)20-5/h7-9,12H,10H2,1-6H3. The summed E-state index contributed by atoms with van der Waals surface area (Å²) in [6.07, 6.45) is 0.245. The van der Waals surface area contributed by atoms with Crippen molar-refractivity contribution in [1.29, 1.82) is 0 Å². The number of benzene rings is 1. The Kier molecular flexibility index (Phi) is 5.97. The van der Waals surface area contributed by atoms with Crippen molar-refractivity contribution < 1.29 is 23.8 Å². The first-order valence-electron chi connectivity index (χ1n) is 7.16. The van der Waals surface area contributed by atoms with Gasteiger partial charge in [0.05, 0.1) is 20.6 Å². The van der Waals surface area contributed by atoms with Gasteiger partial charge in [0.25, 0.3) is 0 Å². The van der Waals surface area contributed by atoms with Crippen LogP contribution in [0, 0.1) is 6.92 Å². The summed E-state index contributed by atoms with van der Waals surface area (Å²) >= 11 is 0. The lowest BCUT2D eigenvalue weighted by Gasteiger charge is -2.26. The molecular weight excluding hydrogens is 284 g/mol. The minimum atomic E-state index is -1.11. The van der Waals surface area contributed by atoms with E-state index in [0.717, 1.165) is 11.1 Å². The van der Waals surface area contributed by atoms with Gasteiger partial charge in [-0.1, -0.05) is 24.6 Å². The molecule has 0 amide bonds. The van der Waals surface area contributed by atoms with E-state index in [1.807, 2.05) is 32.0 Å². The highest BCUT2D eigenvalue weighted by Gasteiger charge is 2.32. The van der Waals surface area contributed by atoms with E-state index < -0.39 is 11.6 Å². The summed E-state index contributed by atoms with van der Waals surface area (Å²) in [5.74, 6) is -0.264. The van der Waals surface area contributed by atoms with Crippen molar-refractivity contribution in [2.45, 2.75) is 45.6 Å². The van der Waals surface area contributed by atoms with Crippen LogP contribution in [0.15, 0.2) is 18.2 Å². The van der Waals surface area contributed by atoms with Gasteiger partial charge in [-0.05, 0) is 38.3 Å². The second-order valence-corrected chi connectivity index (χ2v) is 5.83. The fourth-order valence-electron chi connectivity index (χ4n) is 2.15. The highest BCUT2D eigenvalue weighted by molar-refractivity contribution is 5.79. The Hall–Kier alpha value is -2.04. The predicted octanol–water partition coefficient (Wildman–Crippen LogP) is 2.99. The van der Waals surface area contributed by atoms with Gasteiger partial charge in [0.1, 0.15) is 5.75 Å². The normalized spacial score (nSPS) is 12.5. The van der Waals surface area contributed by atoms with Gasteiger partial charge in [0, 0.05) is 0 Å². The molecule has 0 aromatic heterocycles. The molecule has 5 heteroatoms. The third-order valence-corrected chi connectivity index (χ3v) is 3.44. The quantitative estimate of drug-likeness (QED) is 0.756. The number of aryl methyl sites for hydroxylation is 1. The molecule has 0 N–H and O–H groups in total. The average Bonchev–Trinajstić information content (AvgIpc) is 2.47. The molecule has 1 aromatic carbocycles. The van der Waals surface area contributed by atoms with Gasteiger partial charge in [-0.15, -0.1) is 0 Å². The summed E-state index contributed by atoms with van der Waals surface area (Å²) in [6, 6.07) is 5.66. The van der Waals surface area contributed by atoms with Crippen LogP contribution in [-0.2, 0) is 19.1 Å². The van der Waals surface area contributed by atoms with Crippen molar-refractivity contribution in [3.05, 3.63) is 29.3 Å². The summed E-state index contributed by atoms with van der Waals surface area (Å²) in [5.41, 5.74) is 0.807. The maximum absolute atomic E-state index is 11.8. The van der Waals surface area contributed by atoms with E-state index in [0.29, 0.717) is 5.75 Å². The third-order valence-electron chi connectivity index (χ3n) is 3.44. The van der Waals surface area contributed by atoms with Crippen LogP contribution in [0.2, 0.25) is 0 Å². The molecule has 122 valence electrons. The van der Waals surface area contributed by atoms with Gasteiger partial charge >= 0.3 is 11.9 Å². The topological polar surface area (TPSA) is 61.8 Å². The number of methoxy groups -OCH3 is 2. The van der Waals surface area contributed by atoms with E-state index in [9.17, 15) is 9.59 Å². The van der Waals surface area contributed by atoms with Gasteiger partial charge in [-0.2, -0.15) is 0 Å². The Balaban J connectivity index is 3.10. The molecule has 1 unspecified atom stereocenters. The third kappa shape index (κ3) is 4.48. The van der Waals surface area contributed by atoms with E-state index in [-0.39, 0.29) is 18.3 Å². The van der Waals surface area contributed by atoms with Crippen LogP contribution in [0.3, 0.4) is 0 Å². The number of hydrogen-bond donors (Lipinski definition) is 0. The Bertz CT molecular complexity index is 548. The molecule has 0 aliphatic carbocycles. The molecule has 0 saturated carbocycles. The first-order valence-corrected chi connectivity index (χ1v) is 7.16. The zero-order valence-electron chi connectivity index (χ0n) is 14.1. The van der Waals surface area contributed by atoms with E-state index in [1.165, 1.54) is 14.2 Å². The first-order chi connectivity index (χ1) is 10.2. The van der Waals surface area contributed by atoms with Gasteiger partial charge in [-0.3, -0.25) is 4.79 Å². The Labute approximate surface area is 131 Å². The monoisotopic (exact) mass is 308 g/mol. The molecule has 0 saturated heterocycles. The Morgan fingerprint density at radius 3 is 2.36 bits per heavy atom. The van der Waals surface area contributed by atoms with E-state index in [4.69, 9.17) is 14.2 Å². The first kappa shape index (κ1) is 18.0. The lowest BCUT2D eigenvalue weighted by Crippen LogP contribution is -2.39. The molecule has 1 atom stereocenters. The lowest BCUT2D eigenvalue weighted by molar-refractivity contribution is -0.156. The van der Waals surface area contributed by atoms with E-state index in [2.05, 4.69) is 0 Å². The molecule has 0 bridgehead atoms. The van der Waals surface area contributed by atoms with Crippen molar-refractivity contribution in [3.63, 3.8) is 0 Å². The number of carbonyl (C=O) groups excluding carboxylic acids is 2. The van der Waals surface area contributed by atoms with E-state index >= 15 is 0 Å². The molecule has 0 radical (unpaired) electrons. The molecule has 22 heavy (non-hydrogen) atoms. The van der Waals surface area contributed by atoms with Crippen LogP contribution in [0.4, 0.5) is 0 Å². The van der Waals surface area contributed by atoms with Crippen LogP contribution in [-0.4, -0.2) is 31.8 Å². The van der Waals surface area contributed by atoms with Crippen LogP contribution in [0.1, 0.15) is 44.2 Å². The summed E-state index contributed by atoms with van der Waals surface area (Å²) < 4.78 is 15.3. The molecule has 0 aliphatic heterocycles. The number of ether oxygens (including phenoxy) is 3. The molecular formula is C17H24O5. The maximum Gasteiger partial charge on any atom is 0.349 e. The van der Waals surface area contributed by atoms with Crippen LogP contribution in [0.25, 0.3) is 0 Å². The summed E-state index contributed by atoms with van der Waals surface area (Å²) in [6.45, 7) is 7.17. The smallest absolute Gasteiger partial charge is 0.349 e. The summed E-state index contributed by atoms with van der Waals surface area (Å²) in [5, 5.41) is 0. The Morgan fingerprint density at radius 2 is 1.82 bits per heavy atom. The molecule has 1 rings (SSSR count). The number of esters is 2. The van der Waals surface area contributed by atoms with Gasteiger partial charge in [0.2, 0.25) is 0 Å². The fourth-order valence-corrected chi connectivity index (χ4v) is 2.15. The molecule has 0 spiro atoms. The molecule has 1 aromatic rings. The largest absolute Gasteiger partial charge is 0.476 e. The van der Waals surface area contributed by atoms with Crippen molar-refractivity contribution in [2.75, 3.05) is 14.2 Å². The minimum absolute atomic E-state index is 0.0872. The predicted molar refractivity (Wildman–Crippen MR) is 83.0 cm³/mol. The van der Waals surface area contributed by atoms with Crippen LogP contribution >= 0.6 is 0 Å². The summed E-state index contributed by atoms with van der Waals surface area (Å²) in [7, 11) is 2.69. The Morgan fingerprint density at radius 1 is 1.18 bits per heavy atom. The summed E-state index contributed by atoms with van der Waals surface area (Å²) in [4.78, 5) is 23.3. The van der Waals surface area contributed by atoms with Gasteiger partial charge in [-0.25, -0.2) is 4.79 Å². The van der Waals surface area contributed by atoms with Gasteiger partial charge in [0.15, 0.2) is 5.60 Å². The van der Waals surface area contributed by atoms with Gasteiger partial charge < -0.3 is 14.2 Å². The zero-order valence-corrected chi connectivity index (χ0v) is 14.1. The van der Waals surface area contributed by atoms with Crippen molar-refractivity contribution in [3.8, 4) is 5.75 Å². The maximum atomic E-state index is 11.8. The highest BCUT2D eigenvalue weighted by atomic mass is 16.6. The molecule has 5 nitrogen and oxygen atoms in total.